The molecule has 120 valence electrons. The monoisotopic (exact) mass is 377 g/mol. The van der Waals surface area contributed by atoms with Crippen molar-refractivity contribution in [2.45, 2.75) is 25.7 Å². The average molecular weight is 378 g/mol. The average Bonchev–Trinajstić information content (AvgIpc) is 3.30. The Morgan fingerprint density at radius 3 is 1.65 bits per heavy atom. The maximum Gasteiger partial charge on any atom is 0.0694 e. The number of para-hydroxylation sites is 1. The summed E-state index contributed by atoms with van der Waals surface area (Å²) < 4.78 is 2.86. The first-order valence-corrected chi connectivity index (χ1v) is 11.5. The second kappa shape index (κ2) is 7.68. The summed E-state index contributed by atoms with van der Waals surface area (Å²) in [6.07, 6.45) is 5.27. The molecule has 4 heterocycles. The van der Waals surface area contributed by atoms with Crippen LogP contribution in [0.4, 0.5) is 5.69 Å². The Bertz CT molecular complexity index is 605. The van der Waals surface area contributed by atoms with Gasteiger partial charge in [0.05, 0.1) is 8.47 Å². The van der Waals surface area contributed by atoms with Gasteiger partial charge < -0.3 is 4.90 Å². The molecule has 0 radical (unpaired) electrons. The number of anilines is 1. The molecule has 1 aromatic rings. The molecule has 0 aliphatic carbocycles. The molecule has 0 saturated carbocycles. The van der Waals surface area contributed by atoms with Crippen molar-refractivity contribution >= 4 is 52.7 Å². The van der Waals surface area contributed by atoms with Crippen LogP contribution in [0.1, 0.15) is 24.0 Å². The minimum absolute atomic E-state index is 1.28. The van der Waals surface area contributed by atoms with E-state index in [-0.39, 0.29) is 0 Å². The summed E-state index contributed by atoms with van der Waals surface area (Å²) in [6.45, 7) is 2.56. The Kier molecular flexibility index (Phi) is 5.39. The van der Waals surface area contributed by atoms with Gasteiger partial charge in [0.15, 0.2) is 0 Å². The van der Waals surface area contributed by atoms with Gasteiger partial charge in [0.2, 0.25) is 0 Å². The highest BCUT2D eigenvalue weighted by atomic mass is 32.2. The summed E-state index contributed by atoms with van der Waals surface area (Å²) in [6, 6.07) is 6.83. The number of rotatable bonds is 0. The lowest BCUT2D eigenvalue weighted by molar-refractivity contribution is 0.634. The third-order valence-electron chi connectivity index (χ3n) is 4.25. The van der Waals surface area contributed by atoms with E-state index in [1.54, 1.807) is 16.8 Å². The van der Waals surface area contributed by atoms with Crippen molar-refractivity contribution in [1.82, 2.24) is 0 Å². The molecular weight excluding hydrogens is 358 g/mol. The summed E-state index contributed by atoms with van der Waals surface area (Å²) in [5, 5.41) is 8.53. The van der Waals surface area contributed by atoms with Gasteiger partial charge in [-0.15, -0.1) is 0 Å². The van der Waals surface area contributed by atoms with Gasteiger partial charge in [-0.05, 0) is 58.4 Å². The van der Waals surface area contributed by atoms with E-state index in [4.69, 9.17) is 0 Å². The van der Waals surface area contributed by atoms with Crippen molar-refractivity contribution < 1.29 is 0 Å². The van der Waals surface area contributed by atoms with Gasteiger partial charge in [-0.25, -0.2) is 0 Å². The number of thioether (sulfide) groups is 4. The van der Waals surface area contributed by atoms with Crippen LogP contribution < -0.4 is 4.90 Å². The van der Waals surface area contributed by atoms with Gasteiger partial charge in [0.1, 0.15) is 0 Å². The molecule has 4 aliphatic heterocycles. The number of nitrogens with zero attached hydrogens (tertiary/aromatic N) is 1. The van der Waals surface area contributed by atoms with Gasteiger partial charge in [-0.3, -0.25) is 0 Å². The molecule has 0 aromatic heterocycles. The topological polar surface area (TPSA) is 3.24 Å². The van der Waals surface area contributed by atoms with Crippen LogP contribution in [0.5, 0.6) is 0 Å². The van der Waals surface area contributed by atoms with Crippen molar-refractivity contribution in [2.24, 2.45) is 0 Å². The molecule has 0 unspecified atom stereocenters. The van der Waals surface area contributed by atoms with Crippen LogP contribution in [-0.2, 0) is 12.8 Å². The van der Waals surface area contributed by atoms with E-state index in [1.165, 1.54) is 47.2 Å². The number of benzene rings is 1. The Morgan fingerprint density at radius 1 is 0.696 bits per heavy atom. The number of hydrogen-bond donors (Lipinski definition) is 0. The maximum atomic E-state index is 2.58. The van der Waals surface area contributed by atoms with Crippen LogP contribution in [-0.4, -0.2) is 13.1 Å². The van der Waals surface area contributed by atoms with Crippen LogP contribution in [0.3, 0.4) is 0 Å². The predicted molar refractivity (Wildman–Crippen MR) is 111 cm³/mol. The lowest BCUT2D eigenvalue weighted by atomic mass is 9.92. The van der Waals surface area contributed by atoms with Crippen molar-refractivity contribution in [3.63, 3.8) is 0 Å². The molecule has 0 fully saturated rings. The minimum Gasteiger partial charge on any atom is -0.371 e. The standard InChI is InChI=1S/C12H15N.C6H4S4/c1-4-10-6-2-8-13-9-3-7-11(5-1)12(10)13;1-2-8-5(7-1)6-9-3-4-10-6/h1,4-5H,2-3,6-9H2;1-4H. The molecule has 0 spiro atoms. The highest BCUT2D eigenvalue weighted by molar-refractivity contribution is 8.33. The molecule has 0 N–H and O–H groups in total. The largest absolute Gasteiger partial charge is 0.371 e. The lowest BCUT2D eigenvalue weighted by Gasteiger charge is -2.36. The predicted octanol–water partition coefficient (Wildman–Crippen LogP) is 6.40. The van der Waals surface area contributed by atoms with Gasteiger partial charge in [0.25, 0.3) is 0 Å². The fourth-order valence-electron chi connectivity index (χ4n) is 3.32. The van der Waals surface area contributed by atoms with Crippen LogP contribution >= 0.6 is 47.0 Å². The maximum absolute atomic E-state index is 2.58. The smallest absolute Gasteiger partial charge is 0.0694 e. The fourth-order valence-corrected chi connectivity index (χ4v) is 7.35. The fraction of sp³-hybridized carbons (Fsp3) is 0.333. The minimum atomic E-state index is 1.28. The first-order chi connectivity index (χ1) is 11.4. The van der Waals surface area contributed by atoms with E-state index in [0.717, 1.165) is 0 Å². The summed E-state index contributed by atoms with van der Waals surface area (Å²) in [7, 11) is 0. The Labute approximate surface area is 155 Å². The molecular formula is C18H19NS4. The molecule has 0 saturated heterocycles. The molecule has 0 atom stereocenters. The number of hydrogen-bond acceptors (Lipinski definition) is 5. The second-order valence-electron chi connectivity index (χ2n) is 5.71. The highest BCUT2D eigenvalue weighted by Gasteiger charge is 2.22. The van der Waals surface area contributed by atoms with Crippen LogP contribution in [0, 0.1) is 0 Å². The van der Waals surface area contributed by atoms with Crippen LogP contribution in [0.2, 0.25) is 0 Å². The van der Waals surface area contributed by atoms with Gasteiger partial charge in [-0.2, -0.15) is 0 Å². The quantitative estimate of drug-likeness (QED) is 0.513. The number of aryl methyl sites for hydroxylation is 2. The van der Waals surface area contributed by atoms with Crippen LogP contribution in [0.25, 0.3) is 0 Å². The molecule has 5 heteroatoms. The molecule has 1 nitrogen and oxygen atoms in total. The van der Waals surface area contributed by atoms with Crippen molar-refractivity contribution in [3.05, 3.63) is 59.4 Å². The highest BCUT2D eigenvalue weighted by Crippen LogP contribution is 2.50. The SMILES string of the molecule is C1=CSC(=C2SC=CS2)S1.c1cc2c3c(c1)CCCN3CCC2. The van der Waals surface area contributed by atoms with Crippen molar-refractivity contribution in [3.8, 4) is 0 Å². The van der Waals surface area contributed by atoms with E-state index in [9.17, 15) is 0 Å². The molecule has 4 aliphatic rings. The summed E-state index contributed by atoms with van der Waals surface area (Å²) >= 11 is 7.28. The molecule has 0 amide bonds. The van der Waals surface area contributed by atoms with Gasteiger partial charge in [-0.1, -0.05) is 65.2 Å². The third kappa shape index (κ3) is 3.68. The normalized spacial score (nSPS) is 21.3. The Morgan fingerprint density at radius 2 is 1.17 bits per heavy atom. The first kappa shape index (κ1) is 16.1. The zero-order chi connectivity index (χ0) is 15.5. The van der Waals surface area contributed by atoms with E-state index in [2.05, 4.69) is 44.7 Å². The van der Waals surface area contributed by atoms with Crippen molar-refractivity contribution in [2.75, 3.05) is 18.0 Å². The van der Waals surface area contributed by atoms with E-state index in [0.29, 0.717) is 0 Å². The first-order valence-electron chi connectivity index (χ1n) is 7.98. The van der Waals surface area contributed by atoms with E-state index in [1.807, 2.05) is 47.0 Å². The van der Waals surface area contributed by atoms with E-state index < -0.39 is 0 Å². The zero-order valence-electron chi connectivity index (χ0n) is 12.9. The van der Waals surface area contributed by atoms with Gasteiger partial charge in [0, 0.05) is 18.8 Å². The molecule has 0 bridgehead atoms. The van der Waals surface area contributed by atoms with Crippen LogP contribution in [0.15, 0.2) is 48.3 Å². The molecule has 1 aromatic carbocycles. The summed E-state index contributed by atoms with van der Waals surface area (Å²) in [5.74, 6) is 0. The van der Waals surface area contributed by atoms with E-state index >= 15 is 0 Å². The zero-order valence-corrected chi connectivity index (χ0v) is 16.1. The molecule has 23 heavy (non-hydrogen) atoms. The molecule has 5 rings (SSSR count). The van der Waals surface area contributed by atoms with Gasteiger partial charge >= 0.3 is 0 Å². The Hall–Kier alpha value is -0.360. The third-order valence-corrected chi connectivity index (χ3v) is 9.02. The van der Waals surface area contributed by atoms with Crippen molar-refractivity contribution in [1.29, 1.82) is 0 Å². The summed E-state index contributed by atoms with van der Waals surface area (Å²) in [5.41, 5.74) is 4.76. The Balaban J connectivity index is 0.000000122. The lowest BCUT2D eigenvalue weighted by Crippen LogP contribution is -2.34. The second-order valence-corrected chi connectivity index (χ2v) is 9.89. The summed E-state index contributed by atoms with van der Waals surface area (Å²) in [4.78, 5) is 2.58.